The summed E-state index contributed by atoms with van der Waals surface area (Å²) in [5.41, 5.74) is 1.86. The summed E-state index contributed by atoms with van der Waals surface area (Å²) in [6.45, 7) is 0. The van der Waals surface area contributed by atoms with E-state index in [-0.39, 0.29) is 5.69 Å². The normalized spacial score (nSPS) is 11.8. The molecule has 0 saturated heterocycles. The van der Waals surface area contributed by atoms with Gasteiger partial charge in [-0.25, -0.2) is 4.98 Å². The van der Waals surface area contributed by atoms with Crippen LogP contribution >= 0.6 is 0 Å². The van der Waals surface area contributed by atoms with Crippen molar-refractivity contribution in [2.45, 2.75) is 0 Å². The van der Waals surface area contributed by atoms with Gasteiger partial charge in [0.25, 0.3) is 5.91 Å². The lowest BCUT2D eigenvalue weighted by molar-refractivity contribution is 0.102. The van der Waals surface area contributed by atoms with Crippen LogP contribution in [-0.4, -0.2) is 10.9 Å². The highest BCUT2D eigenvalue weighted by Crippen LogP contribution is 2.38. The lowest BCUT2D eigenvalue weighted by atomic mass is 10.2. The van der Waals surface area contributed by atoms with Crippen molar-refractivity contribution in [3.8, 4) is 0 Å². The molecule has 1 aliphatic rings. The number of halogens is 1. The first kappa shape index (κ1) is 11.7. The van der Waals surface area contributed by atoms with Gasteiger partial charge >= 0.3 is 0 Å². The molecule has 0 saturated carbocycles. The van der Waals surface area contributed by atoms with Gasteiger partial charge in [0.2, 0.25) is 5.95 Å². The molecule has 0 bridgehead atoms. The first-order chi connectivity index (χ1) is 9.24. The summed E-state index contributed by atoms with van der Waals surface area (Å²) in [4.78, 5) is 15.5. The summed E-state index contributed by atoms with van der Waals surface area (Å²) in [7, 11) is 0. The van der Waals surface area contributed by atoms with Gasteiger partial charge in [-0.2, -0.15) is 13.1 Å². The molecule has 1 aromatic carbocycles. The molecule has 5 nitrogen and oxygen atoms in total. The zero-order valence-corrected chi connectivity index (χ0v) is 10.3. The fourth-order valence-corrected chi connectivity index (χ4v) is 2.18. The number of amides is 1. The highest BCUT2D eigenvalue weighted by molar-refractivity contribution is 7.58. The SMILES string of the molecule is O=C(Nc1cccc2c1N=S=N2)c1cccc(F)n1. The molecule has 2 heterocycles. The molecule has 1 aliphatic heterocycles. The van der Waals surface area contributed by atoms with Gasteiger partial charge in [0, 0.05) is 0 Å². The molecule has 1 aromatic heterocycles. The van der Waals surface area contributed by atoms with Crippen LogP contribution in [-0.2, 0) is 11.4 Å². The van der Waals surface area contributed by atoms with E-state index in [1.165, 1.54) is 18.2 Å². The van der Waals surface area contributed by atoms with Crippen LogP contribution in [0.2, 0.25) is 0 Å². The van der Waals surface area contributed by atoms with Crippen molar-refractivity contribution in [3.63, 3.8) is 0 Å². The molecule has 1 N–H and O–H groups in total. The van der Waals surface area contributed by atoms with E-state index in [1.807, 2.05) is 0 Å². The third kappa shape index (κ3) is 2.27. The average molecular weight is 274 g/mol. The van der Waals surface area contributed by atoms with Crippen LogP contribution in [0.1, 0.15) is 10.5 Å². The number of benzene rings is 1. The molecular weight excluding hydrogens is 267 g/mol. The molecule has 3 rings (SSSR count). The predicted octanol–water partition coefficient (Wildman–Crippen LogP) is 3.20. The Morgan fingerprint density at radius 1 is 1.16 bits per heavy atom. The van der Waals surface area contributed by atoms with Crippen LogP contribution in [0.4, 0.5) is 21.5 Å². The number of nitrogens with one attached hydrogen (secondary N) is 1. The van der Waals surface area contributed by atoms with Gasteiger partial charge in [0.1, 0.15) is 17.1 Å². The fourth-order valence-electron chi connectivity index (χ4n) is 1.63. The van der Waals surface area contributed by atoms with Crippen molar-refractivity contribution in [2.75, 3.05) is 5.32 Å². The number of rotatable bonds is 2. The summed E-state index contributed by atoms with van der Waals surface area (Å²) >= 11 is 1.07. The maximum atomic E-state index is 13.0. The van der Waals surface area contributed by atoms with Gasteiger partial charge in [0.15, 0.2) is 0 Å². The second kappa shape index (κ2) is 4.69. The van der Waals surface area contributed by atoms with E-state index < -0.39 is 11.9 Å². The Hall–Kier alpha value is -2.41. The van der Waals surface area contributed by atoms with Gasteiger partial charge in [0.05, 0.1) is 17.0 Å². The van der Waals surface area contributed by atoms with E-state index in [9.17, 15) is 9.18 Å². The van der Waals surface area contributed by atoms with Gasteiger partial charge in [-0.3, -0.25) is 4.79 Å². The molecule has 0 fully saturated rings. The second-order valence-electron chi connectivity index (χ2n) is 3.74. The number of hydrogen-bond donors (Lipinski definition) is 1. The van der Waals surface area contributed by atoms with E-state index in [0.717, 1.165) is 11.4 Å². The van der Waals surface area contributed by atoms with Crippen LogP contribution in [0.5, 0.6) is 0 Å². The minimum Gasteiger partial charge on any atom is -0.319 e. The first-order valence-corrected chi connectivity index (χ1v) is 6.12. The van der Waals surface area contributed by atoms with Crippen LogP contribution in [0.15, 0.2) is 45.1 Å². The summed E-state index contributed by atoms with van der Waals surface area (Å²) in [6.07, 6.45) is 0. The first-order valence-electron chi connectivity index (χ1n) is 5.39. The molecule has 0 radical (unpaired) electrons. The molecule has 94 valence electrons. The molecule has 0 unspecified atom stereocenters. The third-order valence-electron chi connectivity index (χ3n) is 2.48. The van der Waals surface area contributed by atoms with Crippen molar-refractivity contribution < 1.29 is 9.18 Å². The quantitative estimate of drug-likeness (QED) is 0.729. The highest BCUT2D eigenvalue weighted by Gasteiger charge is 2.14. The van der Waals surface area contributed by atoms with E-state index in [4.69, 9.17) is 0 Å². The average Bonchev–Trinajstić information content (AvgIpc) is 2.88. The molecule has 1 amide bonds. The standard InChI is InChI=1S/C12H7FN4OS/c13-10-6-2-5-9(14-10)12(18)15-7-3-1-4-8-11(7)17-19-16-8/h1-6H,(H,15,18). The second-order valence-corrected chi connectivity index (χ2v) is 4.27. The van der Waals surface area contributed by atoms with Gasteiger partial charge in [-0.1, -0.05) is 12.1 Å². The molecular formula is C12H7FN4OS. The lowest BCUT2D eigenvalue weighted by Gasteiger charge is -2.07. The molecule has 0 aliphatic carbocycles. The predicted molar refractivity (Wildman–Crippen MR) is 70.1 cm³/mol. The topological polar surface area (TPSA) is 66.7 Å². The summed E-state index contributed by atoms with van der Waals surface area (Å²) < 4.78 is 21.1. The van der Waals surface area contributed by atoms with E-state index in [2.05, 4.69) is 19.0 Å². The number of carbonyl (C=O) groups is 1. The zero-order valence-electron chi connectivity index (χ0n) is 9.50. The molecule has 2 aromatic rings. The maximum absolute atomic E-state index is 13.0. The van der Waals surface area contributed by atoms with Crippen LogP contribution in [0.25, 0.3) is 0 Å². The molecule has 0 spiro atoms. The Bertz CT molecular complexity index is 740. The van der Waals surface area contributed by atoms with Gasteiger partial charge in [-0.05, 0) is 24.3 Å². The number of nitrogens with zero attached hydrogens (tertiary/aromatic N) is 3. The zero-order chi connectivity index (χ0) is 13.2. The van der Waals surface area contributed by atoms with Crippen LogP contribution in [0, 0.1) is 5.95 Å². The Balaban J connectivity index is 1.89. The number of anilines is 1. The Morgan fingerprint density at radius 2 is 2.00 bits per heavy atom. The van der Waals surface area contributed by atoms with Crippen molar-refractivity contribution in [1.82, 2.24) is 4.98 Å². The van der Waals surface area contributed by atoms with Gasteiger partial charge < -0.3 is 5.32 Å². The summed E-state index contributed by atoms with van der Waals surface area (Å²) in [5.74, 6) is -1.18. The summed E-state index contributed by atoms with van der Waals surface area (Å²) in [5, 5.41) is 2.65. The smallest absolute Gasteiger partial charge is 0.274 e. The largest absolute Gasteiger partial charge is 0.319 e. The number of aromatic nitrogens is 1. The summed E-state index contributed by atoms with van der Waals surface area (Å²) in [6, 6.07) is 9.33. The number of fused-ring (bicyclic) bond motifs is 1. The minimum absolute atomic E-state index is 0.0141. The Morgan fingerprint density at radius 3 is 2.84 bits per heavy atom. The third-order valence-corrected chi connectivity index (χ3v) is 3.02. The fraction of sp³-hybridized carbons (Fsp3) is 0. The Kier molecular flexibility index (Phi) is 2.88. The Labute approximate surface area is 111 Å². The highest BCUT2D eigenvalue weighted by atomic mass is 32.1. The van der Waals surface area contributed by atoms with E-state index in [1.54, 1.807) is 18.2 Å². The van der Waals surface area contributed by atoms with Crippen molar-refractivity contribution in [2.24, 2.45) is 8.73 Å². The lowest BCUT2D eigenvalue weighted by Crippen LogP contribution is -2.14. The van der Waals surface area contributed by atoms with Crippen molar-refractivity contribution >= 4 is 34.3 Å². The van der Waals surface area contributed by atoms with Crippen molar-refractivity contribution in [3.05, 3.63) is 48.0 Å². The number of carbonyl (C=O) groups excluding carboxylic acids is 1. The van der Waals surface area contributed by atoms with E-state index in [0.29, 0.717) is 17.1 Å². The van der Waals surface area contributed by atoms with Crippen LogP contribution < -0.4 is 5.32 Å². The van der Waals surface area contributed by atoms with Crippen molar-refractivity contribution in [1.29, 1.82) is 0 Å². The monoisotopic (exact) mass is 274 g/mol. The molecule has 19 heavy (non-hydrogen) atoms. The van der Waals surface area contributed by atoms with Gasteiger partial charge in [-0.15, -0.1) is 0 Å². The maximum Gasteiger partial charge on any atom is 0.274 e. The minimum atomic E-state index is -0.693. The molecule has 7 heteroatoms. The van der Waals surface area contributed by atoms with Crippen LogP contribution in [0.3, 0.4) is 0 Å². The number of pyridine rings is 1. The molecule has 0 atom stereocenters. The number of hydrogen-bond acceptors (Lipinski definition) is 4. The van der Waals surface area contributed by atoms with E-state index >= 15 is 0 Å².